The van der Waals surface area contributed by atoms with Crippen molar-refractivity contribution in [3.8, 4) is 0 Å². The third-order valence-electron chi connectivity index (χ3n) is 3.28. The van der Waals surface area contributed by atoms with Crippen LogP contribution in [0.2, 0.25) is 0 Å². The quantitative estimate of drug-likeness (QED) is 0.873. The van der Waals surface area contributed by atoms with Crippen LogP contribution in [0.15, 0.2) is 30.6 Å². The number of aryl methyl sites for hydroxylation is 3. The van der Waals surface area contributed by atoms with E-state index in [0.29, 0.717) is 18.8 Å². The highest BCUT2D eigenvalue weighted by molar-refractivity contribution is 5.93. The molecule has 0 bridgehead atoms. The molecule has 0 aliphatic heterocycles. The second-order valence-corrected chi connectivity index (χ2v) is 5.49. The molecule has 0 saturated heterocycles. The smallest absolute Gasteiger partial charge is 0.245 e. The number of hydrogen-bond acceptors (Lipinski definition) is 4. The van der Waals surface area contributed by atoms with Gasteiger partial charge in [-0.3, -0.25) is 14.3 Å². The summed E-state index contributed by atoms with van der Waals surface area (Å²) < 4.78 is 1.72. The Hall–Kier alpha value is -2.70. The van der Waals surface area contributed by atoms with Crippen molar-refractivity contribution >= 4 is 17.6 Å². The molecule has 0 aromatic carbocycles. The molecule has 7 nitrogen and oxygen atoms in total. The minimum atomic E-state index is -0.270. The number of rotatable bonds is 6. The summed E-state index contributed by atoms with van der Waals surface area (Å²) in [5.41, 5.74) is 1.87. The maximum absolute atomic E-state index is 12.1. The van der Waals surface area contributed by atoms with E-state index >= 15 is 0 Å². The van der Waals surface area contributed by atoms with E-state index in [4.69, 9.17) is 0 Å². The maximum Gasteiger partial charge on any atom is 0.245 e. The molecule has 0 saturated carbocycles. The molecule has 23 heavy (non-hydrogen) atoms. The molecule has 122 valence electrons. The Morgan fingerprint density at radius 3 is 2.74 bits per heavy atom. The van der Waals surface area contributed by atoms with E-state index in [1.807, 2.05) is 32.2 Å². The molecule has 0 aliphatic rings. The van der Waals surface area contributed by atoms with Crippen LogP contribution in [0, 0.1) is 13.8 Å². The fourth-order valence-corrected chi connectivity index (χ4v) is 2.09. The first-order valence-electron chi connectivity index (χ1n) is 7.40. The lowest BCUT2D eigenvalue weighted by Gasteiger charge is -2.16. The van der Waals surface area contributed by atoms with Gasteiger partial charge in [0, 0.05) is 31.9 Å². The van der Waals surface area contributed by atoms with Gasteiger partial charge in [-0.2, -0.15) is 5.10 Å². The molecule has 0 radical (unpaired) electrons. The third kappa shape index (κ3) is 5.21. The predicted octanol–water partition coefficient (Wildman–Crippen LogP) is 1.38. The van der Waals surface area contributed by atoms with Crippen molar-refractivity contribution in [2.45, 2.75) is 26.8 Å². The zero-order valence-corrected chi connectivity index (χ0v) is 13.6. The van der Waals surface area contributed by atoms with E-state index in [2.05, 4.69) is 15.4 Å². The molecule has 2 aromatic heterocycles. The monoisotopic (exact) mass is 315 g/mol. The van der Waals surface area contributed by atoms with E-state index in [1.54, 1.807) is 24.0 Å². The number of likely N-dealkylation sites (N-methyl/N-ethyl adjacent to an activating group) is 1. The molecule has 0 atom stereocenters. The van der Waals surface area contributed by atoms with Gasteiger partial charge in [0.25, 0.3) is 0 Å². The molecule has 0 spiro atoms. The van der Waals surface area contributed by atoms with E-state index in [-0.39, 0.29) is 18.4 Å². The Morgan fingerprint density at radius 1 is 1.30 bits per heavy atom. The first-order chi connectivity index (χ1) is 10.9. The van der Waals surface area contributed by atoms with Gasteiger partial charge in [-0.1, -0.05) is 6.07 Å². The van der Waals surface area contributed by atoms with Crippen molar-refractivity contribution in [2.24, 2.45) is 0 Å². The average molecular weight is 315 g/mol. The van der Waals surface area contributed by atoms with E-state index in [9.17, 15) is 9.59 Å². The summed E-state index contributed by atoms with van der Waals surface area (Å²) in [6.07, 6.45) is 3.92. The Balaban J connectivity index is 1.79. The number of pyridine rings is 1. The number of nitrogens with zero attached hydrogens (tertiary/aromatic N) is 4. The lowest BCUT2D eigenvalue weighted by molar-refractivity contribution is -0.133. The Bertz CT molecular complexity index is 695. The second-order valence-electron chi connectivity index (χ2n) is 5.49. The summed E-state index contributed by atoms with van der Waals surface area (Å²) >= 11 is 0. The largest absolute Gasteiger partial charge is 0.336 e. The predicted molar refractivity (Wildman–Crippen MR) is 86.8 cm³/mol. The van der Waals surface area contributed by atoms with Gasteiger partial charge in [-0.15, -0.1) is 0 Å². The lowest BCUT2D eigenvalue weighted by Crippen LogP contribution is -2.35. The van der Waals surface area contributed by atoms with Crippen molar-refractivity contribution in [3.63, 3.8) is 0 Å². The van der Waals surface area contributed by atoms with E-state index in [0.717, 1.165) is 11.3 Å². The van der Waals surface area contributed by atoms with Crippen molar-refractivity contribution in [1.82, 2.24) is 19.7 Å². The fourth-order valence-electron chi connectivity index (χ4n) is 2.09. The molecule has 2 amide bonds. The summed E-state index contributed by atoms with van der Waals surface area (Å²) in [4.78, 5) is 29.6. The molecule has 2 rings (SSSR count). The molecule has 7 heteroatoms. The van der Waals surface area contributed by atoms with Crippen LogP contribution in [0.5, 0.6) is 0 Å². The minimum absolute atomic E-state index is 0.00735. The number of carbonyl (C=O) groups is 2. The van der Waals surface area contributed by atoms with Gasteiger partial charge in [-0.05, 0) is 31.5 Å². The average Bonchev–Trinajstić information content (AvgIpc) is 2.90. The first-order valence-corrected chi connectivity index (χ1v) is 7.40. The molecule has 0 aliphatic carbocycles. The van der Waals surface area contributed by atoms with Gasteiger partial charge in [0.05, 0.1) is 12.7 Å². The standard InChI is InChI=1S/C16H21N5O2/c1-12-9-17-21(10-12)8-7-16(23)20(3)11-15(22)19-14-6-4-5-13(2)18-14/h4-6,9-10H,7-8,11H2,1-3H3,(H,18,19,22). The highest BCUT2D eigenvalue weighted by Gasteiger charge is 2.13. The Labute approximate surface area is 135 Å². The molecule has 2 heterocycles. The van der Waals surface area contributed by atoms with Crippen molar-refractivity contribution < 1.29 is 9.59 Å². The normalized spacial score (nSPS) is 10.4. The number of amides is 2. The third-order valence-corrected chi connectivity index (χ3v) is 3.28. The highest BCUT2D eigenvalue weighted by Crippen LogP contribution is 2.04. The second kappa shape index (κ2) is 7.53. The van der Waals surface area contributed by atoms with Gasteiger partial charge >= 0.3 is 0 Å². The number of aromatic nitrogens is 3. The van der Waals surface area contributed by atoms with Crippen LogP contribution in [0.1, 0.15) is 17.7 Å². The molecule has 1 N–H and O–H groups in total. The Morgan fingerprint density at radius 2 is 2.09 bits per heavy atom. The van der Waals surface area contributed by atoms with E-state index in [1.165, 1.54) is 4.90 Å². The van der Waals surface area contributed by atoms with Gasteiger partial charge in [0.1, 0.15) is 5.82 Å². The van der Waals surface area contributed by atoms with Crippen LogP contribution in [0.4, 0.5) is 5.82 Å². The molecular formula is C16H21N5O2. The first kappa shape index (κ1) is 16.7. The molecule has 0 fully saturated rings. The SMILES string of the molecule is Cc1cnn(CCC(=O)N(C)CC(=O)Nc2cccc(C)n2)c1. The van der Waals surface area contributed by atoms with Gasteiger partial charge in [0.2, 0.25) is 11.8 Å². The zero-order valence-electron chi connectivity index (χ0n) is 13.6. The number of nitrogens with one attached hydrogen (secondary N) is 1. The summed E-state index contributed by atoms with van der Waals surface area (Å²) in [6, 6.07) is 5.38. The van der Waals surface area contributed by atoms with Crippen LogP contribution < -0.4 is 5.32 Å². The van der Waals surface area contributed by atoms with Crippen molar-refractivity contribution in [1.29, 1.82) is 0 Å². The molecular weight excluding hydrogens is 294 g/mol. The summed E-state index contributed by atoms with van der Waals surface area (Å²) in [6.45, 7) is 4.29. The van der Waals surface area contributed by atoms with Crippen molar-refractivity contribution in [3.05, 3.63) is 41.9 Å². The fraction of sp³-hybridized carbons (Fsp3) is 0.375. The summed E-state index contributed by atoms with van der Waals surface area (Å²) in [5.74, 6) is 0.113. The summed E-state index contributed by atoms with van der Waals surface area (Å²) in [5, 5.41) is 6.81. The molecule has 2 aromatic rings. The highest BCUT2D eigenvalue weighted by atomic mass is 16.2. The molecule has 0 unspecified atom stereocenters. The zero-order chi connectivity index (χ0) is 16.8. The number of hydrogen-bond donors (Lipinski definition) is 1. The lowest BCUT2D eigenvalue weighted by atomic mass is 10.3. The van der Waals surface area contributed by atoms with Gasteiger partial charge in [-0.25, -0.2) is 4.98 Å². The van der Waals surface area contributed by atoms with Gasteiger partial charge < -0.3 is 10.2 Å². The van der Waals surface area contributed by atoms with Crippen LogP contribution in [-0.4, -0.2) is 45.1 Å². The van der Waals surface area contributed by atoms with Crippen LogP contribution in [0.25, 0.3) is 0 Å². The Kier molecular flexibility index (Phi) is 5.46. The van der Waals surface area contributed by atoms with Crippen LogP contribution in [-0.2, 0) is 16.1 Å². The number of anilines is 1. The van der Waals surface area contributed by atoms with E-state index < -0.39 is 0 Å². The maximum atomic E-state index is 12.1. The topological polar surface area (TPSA) is 80.1 Å². The minimum Gasteiger partial charge on any atom is -0.336 e. The summed E-state index contributed by atoms with van der Waals surface area (Å²) in [7, 11) is 1.61. The van der Waals surface area contributed by atoms with Crippen molar-refractivity contribution in [2.75, 3.05) is 18.9 Å². The number of carbonyl (C=O) groups excluding carboxylic acids is 2. The van der Waals surface area contributed by atoms with Crippen LogP contribution in [0.3, 0.4) is 0 Å². The van der Waals surface area contributed by atoms with Crippen LogP contribution >= 0.6 is 0 Å². The van der Waals surface area contributed by atoms with Gasteiger partial charge in [0.15, 0.2) is 0 Å².